The van der Waals surface area contributed by atoms with Gasteiger partial charge in [0.15, 0.2) is 0 Å². The third kappa shape index (κ3) is 7.79. The van der Waals surface area contributed by atoms with E-state index >= 15 is 0 Å². The zero-order valence-electron chi connectivity index (χ0n) is 16.8. The van der Waals surface area contributed by atoms with Crippen LogP contribution in [0, 0.1) is 23.2 Å². The van der Waals surface area contributed by atoms with Gasteiger partial charge < -0.3 is 10.1 Å². The summed E-state index contributed by atoms with van der Waals surface area (Å²) < 4.78 is 5.29. The van der Waals surface area contributed by atoms with Crippen LogP contribution in [-0.2, 0) is 27.2 Å². The van der Waals surface area contributed by atoms with E-state index in [1.807, 2.05) is 66.7 Å². The molecule has 0 radical (unpaired) electrons. The lowest BCUT2D eigenvalue weighted by Gasteiger charge is -2.22. The molecule has 0 aliphatic carbocycles. The van der Waals surface area contributed by atoms with Crippen molar-refractivity contribution in [1.82, 2.24) is 5.32 Å². The first-order chi connectivity index (χ1) is 14.1. The van der Waals surface area contributed by atoms with Crippen molar-refractivity contribution in [1.29, 1.82) is 5.26 Å². The van der Waals surface area contributed by atoms with Gasteiger partial charge in [-0.15, -0.1) is 0 Å². The van der Waals surface area contributed by atoms with Crippen molar-refractivity contribution >= 4 is 11.9 Å². The molecular weight excluding hydrogens is 364 g/mol. The zero-order valence-corrected chi connectivity index (χ0v) is 16.8. The predicted molar refractivity (Wildman–Crippen MR) is 112 cm³/mol. The van der Waals surface area contributed by atoms with Crippen LogP contribution in [0.2, 0.25) is 0 Å². The third-order valence-electron chi connectivity index (χ3n) is 4.75. The molecule has 0 saturated carbocycles. The Morgan fingerprint density at radius 1 is 0.966 bits per heavy atom. The Kier molecular flexibility index (Phi) is 9.44. The highest BCUT2D eigenvalue weighted by Crippen LogP contribution is 2.23. The molecule has 2 atom stereocenters. The Labute approximate surface area is 172 Å². The number of ether oxygens (including phenoxy) is 1. The van der Waals surface area contributed by atoms with Gasteiger partial charge in [-0.2, -0.15) is 5.26 Å². The maximum atomic E-state index is 12.8. The van der Waals surface area contributed by atoms with Gasteiger partial charge in [0.05, 0.1) is 25.0 Å². The minimum atomic E-state index is -0.409. The van der Waals surface area contributed by atoms with Crippen LogP contribution in [0.25, 0.3) is 0 Å². The molecule has 152 valence electrons. The Morgan fingerprint density at radius 2 is 1.52 bits per heavy atom. The van der Waals surface area contributed by atoms with Crippen LogP contribution in [0.1, 0.15) is 30.9 Å². The van der Waals surface area contributed by atoms with Crippen LogP contribution in [0.3, 0.4) is 0 Å². The zero-order chi connectivity index (χ0) is 20.9. The number of amides is 1. The van der Waals surface area contributed by atoms with E-state index in [9.17, 15) is 9.59 Å². The molecule has 0 fully saturated rings. The van der Waals surface area contributed by atoms with Gasteiger partial charge in [0, 0.05) is 12.5 Å². The SMILES string of the molecule is CCOC(=O)[C@@H](Cc1ccccc1)CC(Cc1ccccc1)C(=O)NCCC#N. The molecule has 0 spiro atoms. The monoisotopic (exact) mass is 392 g/mol. The number of hydrogen-bond acceptors (Lipinski definition) is 4. The van der Waals surface area contributed by atoms with Crippen molar-refractivity contribution in [3.8, 4) is 6.07 Å². The molecule has 0 aromatic heterocycles. The highest BCUT2D eigenvalue weighted by molar-refractivity contribution is 5.80. The average Bonchev–Trinajstić information content (AvgIpc) is 2.74. The number of hydrogen-bond donors (Lipinski definition) is 1. The second kappa shape index (κ2) is 12.4. The summed E-state index contributed by atoms with van der Waals surface area (Å²) in [4.78, 5) is 25.4. The maximum absolute atomic E-state index is 12.8. The molecule has 0 aliphatic rings. The summed E-state index contributed by atoms with van der Waals surface area (Å²) in [5.41, 5.74) is 2.07. The van der Waals surface area contributed by atoms with Crippen LogP contribution in [0.15, 0.2) is 60.7 Å². The molecule has 0 aliphatic heterocycles. The van der Waals surface area contributed by atoms with Gasteiger partial charge in [0.25, 0.3) is 0 Å². The highest BCUT2D eigenvalue weighted by atomic mass is 16.5. The standard InChI is InChI=1S/C24H28N2O3/c1-2-29-24(28)22(17-20-12-7-4-8-13-20)18-21(23(27)26-15-9-14-25)16-19-10-5-3-6-11-19/h3-8,10-13,21-22H,2,9,15-18H2,1H3,(H,26,27)/t21?,22-/m0/s1. The van der Waals surface area contributed by atoms with Crippen LogP contribution in [0.4, 0.5) is 0 Å². The minimum absolute atomic E-state index is 0.133. The molecule has 29 heavy (non-hydrogen) atoms. The summed E-state index contributed by atoms with van der Waals surface area (Å²) >= 11 is 0. The van der Waals surface area contributed by atoms with Gasteiger partial charge >= 0.3 is 5.97 Å². The quantitative estimate of drug-likeness (QED) is 0.467. The van der Waals surface area contributed by atoms with Gasteiger partial charge in [-0.25, -0.2) is 0 Å². The summed E-state index contributed by atoms with van der Waals surface area (Å²) in [6.07, 6.45) is 1.70. The molecular formula is C24H28N2O3. The normalized spacial score (nSPS) is 12.4. The Morgan fingerprint density at radius 3 is 2.03 bits per heavy atom. The van der Waals surface area contributed by atoms with E-state index in [1.165, 1.54) is 0 Å². The first-order valence-electron chi connectivity index (χ1n) is 10.0. The molecule has 2 aromatic carbocycles. The fraction of sp³-hybridized carbons (Fsp3) is 0.375. The van der Waals surface area contributed by atoms with E-state index in [0.717, 1.165) is 11.1 Å². The second-order valence-corrected chi connectivity index (χ2v) is 6.96. The van der Waals surface area contributed by atoms with E-state index in [-0.39, 0.29) is 24.2 Å². The van der Waals surface area contributed by atoms with Crippen LogP contribution >= 0.6 is 0 Å². The molecule has 0 saturated heterocycles. The topological polar surface area (TPSA) is 79.2 Å². The Bertz CT molecular complexity index is 800. The predicted octanol–water partition coefficient (Wildman–Crippen LogP) is 3.69. The van der Waals surface area contributed by atoms with E-state index in [1.54, 1.807) is 6.92 Å². The van der Waals surface area contributed by atoms with Crippen LogP contribution < -0.4 is 5.32 Å². The summed E-state index contributed by atoms with van der Waals surface area (Å²) in [6, 6.07) is 21.6. The molecule has 2 aromatic rings. The number of rotatable bonds is 11. The number of nitrogens with zero attached hydrogens (tertiary/aromatic N) is 1. The smallest absolute Gasteiger partial charge is 0.309 e. The van der Waals surface area contributed by atoms with E-state index in [2.05, 4.69) is 5.32 Å². The van der Waals surface area contributed by atoms with Gasteiger partial charge in [0.2, 0.25) is 5.91 Å². The summed E-state index contributed by atoms with van der Waals surface area (Å²) in [5.74, 6) is -1.20. The van der Waals surface area contributed by atoms with E-state index < -0.39 is 5.92 Å². The summed E-state index contributed by atoms with van der Waals surface area (Å²) in [7, 11) is 0. The second-order valence-electron chi connectivity index (χ2n) is 6.96. The molecule has 5 heteroatoms. The van der Waals surface area contributed by atoms with Crippen molar-refractivity contribution in [2.75, 3.05) is 13.2 Å². The molecule has 1 N–H and O–H groups in total. The van der Waals surface area contributed by atoms with E-state index in [4.69, 9.17) is 10.00 Å². The number of benzene rings is 2. The molecule has 2 rings (SSSR count). The first-order valence-corrected chi connectivity index (χ1v) is 10.0. The summed E-state index contributed by atoms with van der Waals surface area (Å²) in [6.45, 7) is 2.40. The number of carbonyl (C=O) groups is 2. The molecule has 1 amide bonds. The van der Waals surface area contributed by atoms with Crippen molar-refractivity contribution < 1.29 is 14.3 Å². The van der Waals surface area contributed by atoms with Gasteiger partial charge in [-0.1, -0.05) is 60.7 Å². The van der Waals surface area contributed by atoms with Gasteiger partial charge in [0.1, 0.15) is 0 Å². The van der Waals surface area contributed by atoms with Gasteiger partial charge in [-0.05, 0) is 37.3 Å². The Hall–Kier alpha value is -3.13. The lowest BCUT2D eigenvalue weighted by molar-refractivity contribution is -0.148. The lowest BCUT2D eigenvalue weighted by Crippen LogP contribution is -2.35. The summed E-state index contributed by atoms with van der Waals surface area (Å²) in [5, 5.41) is 11.6. The molecule has 0 heterocycles. The van der Waals surface area contributed by atoms with Crippen molar-refractivity contribution in [2.45, 2.75) is 32.6 Å². The molecule has 0 bridgehead atoms. The first kappa shape index (κ1) is 22.2. The minimum Gasteiger partial charge on any atom is -0.466 e. The fourth-order valence-electron chi connectivity index (χ4n) is 3.33. The highest BCUT2D eigenvalue weighted by Gasteiger charge is 2.28. The fourth-order valence-corrected chi connectivity index (χ4v) is 3.33. The third-order valence-corrected chi connectivity index (χ3v) is 4.75. The average molecular weight is 392 g/mol. The maximum Gasteiger partial charge on any atom is 0.309 e. The van der Waals surface area contributed by atoms with Crippen molar-refractivity contribution in [3.63, 3.8) is 0 Å². The Balaban J connectivity index is 2.18. The number of carbonyl (C=O) groups excluding carboxylic acids is 2. The lowest BCUT2D eigenvalue weighted by atomic mass is 9.85. The van der Waals surface area contributed by atoms with Crippen LogP contribution in [-0.4, -0.2) is 25.0 Å². The number of esters is 1. The number of nitriles is 1. The van der Waals surface area contributed by atoms with Crippen molar-refractivity contribution in [2.24, 2.45) is 11.8 Å². The van der Waals surface area contributed by atoms with Crippen molar-refractivity contribution in [3.05, 3.63) is 71.8 Å². The van der Waals surface area contributed by atoms with Gasteiger partial charge in [-0.3, -0.25) is 9.59 Å². The van der Waals surface area contributed by atoms with E-state index in [0.29, 0.717) is 32.4 Å². The molecule has 1 unspecified atom stereocenters. The van der Waals surface area contributed by atoms with Crippen LogP contribution in [0.5, 0.6) is 0 Å². The largest absolute Gasteiger partial charge is 0.466 e. The molecule has 5 nitrogen and oxygen atoms in total. The number of nitrogens with one attached hydrogen (secondary N) is 1.